The highest BCUT2D eigenvalue weighted by atomic mass is 19.4. The number of halogens is 3. The van der Waals surface area contributed by atoms with Gasteiger partial charge in [0.1, 0.15) is 6.10 Å². The highest BCUT2D eigenvalue weighted by Gasteiger charge is 2.30. The minimum absolute atomic E-state index is 0.324. The fourth-order valence-corrected chi connectivity index (χ4v) is 1.28. The summed E-state index contributed by atoms with van der Waals surface area (Å²) in [7, 11) is 0. The van der Waals surface area contributed by atoms with Crippen molar-refractivity contribution in [3.8, 4) is 0 Å². The summed E-state index contributed by atoms with van der Waals surface area (Å²) in [5.41, 5.74) is -0.422. The Labute approximate surface area is 91.0 Å². The Hall–Kier alpha value is -1.52. The highest BCUT2D eigenvalue weighted by molar-refractivity contribution is 5.66. The first-order chi connectivity index (χ1) is 7.30. The first-order valence-corrected chi connectivity index (χ1v) is 4.65. The lowest BCUT2D eigenvalue weighted by atomic mass is 10.1. The minimum atomic E-state index is -4.38. The normalized spacial score (nSPS) is 13.3. The van der Waals surface area contributed by atoms with Gasteiger partial charge in [0.15, 0.2) is 0 Å². The molecule has 0 aliphatic heterocycles. The Kier molecular flexibility index (Phi) is 3.57. The van der Waals surface area contributed by atoms with Crippen molar-refractivity contribution in [3.63, 3.8) is 0 Å². The molecular weight excluding hydrogens is 221 g/mol. The molecule has 5 heteroatoms. The molecule has 1 rings (SSSR count). The van der Waals surface area contributed by atoms with E-state index in [1.165, 1.54) is 26.0 Å². The number of ether oxygens (including phenoxy) is 1. The summed E-state index contributed by atoms with van der Waals surface area (Å²) in [6.07, 6.45) is -5.06. The van der Waals surface area contributed by atoms with Gasteiger partial charge in [-0.05, 0) is 24.6 Å². The summed E-state index contributed by atoms with van der Waals surface area (Å²) >= 11 is 0. The monoisotopic (exact) mass is 232 g/mol. The lowest BCUT2D eigenvalue weighted by Crippen LogP contribution is -2.08. The summed E-state index contributed by atoms with van der Waals surface area (Å²) < 4.78 is 42.0. The summed E-state index contributed by atoms with van der Waals surface area (Å²) in [4.78, 5) is 10.7. The quantitative estimate of drug-likeness (QED) is 0.731. The zero-order chi connectivity index (χ0) is 12.3. The molecule has 0 aliphatic carbocycles. The maximum atomic E-state index is 12.4. The Morgan fingerprint density at radius 3 is 2.50 bits per heavy atom. The average molecular weight is 232 g/mol. The van der Waals surface area contributed by atoms with Gasteiger partial charge in [-0.1, -0.05) is 12.1 Å². The number of carbonyl (C=O) groups excluding carboxylic acids is 1. The van der Waals surface area contributed by atoms with Crippen LogP contribution in [0.15, 0.2) is 24.3 Å². The van der Waals surface area contributed by atoms with Gasteiger partial charge in [-0.15, -0.1) is 0 Å². The number of benzene rings is 1. The van der Waals surface area contributed by atoms with Crippen LogP contribution in [0.25, 0.3) is 0 Å². The molecule has 0 heterocycles. The van der Waals surface area contributed by atoms with Crippen molar-refractivity contribution in [2.75, 3.05) is 0 Å². The molecule has 0 aromatic heterocycles. The van der Waals surface area contributed by atoms with Crippen molar-refractivity contribution in [1.82, 2.24) is 0 Å². The molecule has 0 spiro atoms. The summed E-state index contributed by atoms with van der Waals surface area (Å²) in [6.45, 7) is 2.74. The first kappa shape index (κ1) is 12.5. The smallest absolute Gasteiger partial charge is 0.416 e. The number of alkyl halides is 3. The molecule has 0 bridgehead atoms. The van der Waals surface area contributed by atoms with Crippen molar-refractivity contribution in [1.29, 1.82) is 0 Å². The van der Waals surface area contributed by atoms with Crippen molar-refractivity contribution in [3.05, 3.63) is 35.4 Å². The Morgan fingerprint density at radius 1 is 1.38 bits per heavy atom. The molecule has 0 amide bonds. The van der Waals surface area contributed by atoms with Gasteiger partial charge in [0.2, 0.25) is 0 Å². The molecule has 1 aromatic carbocycles. The van der Waals surface area contributed by atoms with Crippen LogP contribution in [-0.4, -0.2) is 5.97 Å². The van der Waals surface area contributed by atoms with Gasteiger partial charge in [0.25, 0.3) is 0 Å². The number of esters is 1. The van der Waals surface area contributed by atoms with Crippen molar-refractivity contribution in [2.24, 2.45) is 0 Å². The third-order valence-corrected chi connectivity index (χ3v) is 2.03. The predicted octanol–water partition coefficient (Wildman–Crippen LogP) is 3.33. The highest BCUT2D eigenvalue weighted by Crippen LogP contribution is 2.31. The van der Waals surface area contributed by atoms with Crippen LogP contribution in [0.4, 0.5) is 13.2 Å². The lowest BCUT2D eigenvalue weighted by Gasteiger charge is -2.14. The van der Waals surface area contributed by atoms with Crippen molar-refractivity contribution >= 4 is 5.97 Å². The maximum absolute atomic E-state index is 12.4. The van der Waals surface area contributed by atoms with E-state index in [0.717, 1.165) is 12.1 Å². The Bertz CT molecular complexity index is 385. The van der Waals surface area contributed by atoms with E-state index >= 15 is 0 Å². The largest absolute Gasteiger partial charge is 0.458 e. The van der Waals surface area contributed by atoms with E-state index in [-0.39, 0.29) is 0 Å². The topological polar surface area (TPSA) is 26.3 Å². The zero-order valence-electron chi connectivity index (χ0n) is 8.84. The van der Waals surface area contributed by atoms with Gasteiger partial charge in [-0.3, -0.25) is 4.79 Å². The van der Waals surface area contributed by atoms with Crippen LogP contribution in [0.1, 0.15) is 31.1 Å². The van der Waals surface area contributed by atoms with Crippen LogP contribution < -0.4 is 0 Å². The van der Waals surface area contributed by atoms with Crippen LogP contribution >= 0.6 is 0 Å². The van der Waals surface area contributed by atoms with Crippen LogP contribution in [0.5, 0.6) is 0 Å². The maximum Gasteiger partial charge on any atom is 0.416 e. The van der Waals surface area contributed by atoms with Crippen LogP contribution in [0.2, 0.25) is 0 Å². The average Bonchev–Trinajstić information content (AvgIpc) is 2.15. The molecule has 2 nitrogen and oxygen atoms in total. The summed E-state index contributed by atoms with van der Waals surface area (Å²) in [5.74, 6) is -0.523. The standard InChI is InChI=1S/C11H11F3O2/c1-7(16-8(2)15)9-4-3-5-10(6-9)11(12,13)14/h3-7H,1-2H3/t7-/m1/s1. The Morgan fingerprint density at radius 2 is 2.00 bits per heavy atom. The van der Waals surface area contributed by atoms with E-state index in [2.05, 4.69) is 0 Å². The van der Waals surface area contributed by atoms with Crippen molar-refractivity contribution in [2.45, 2.75) is 26.1 Å². The van der Waals surface area contributed by atoms with E-state index in [4.69, 9.17) is 4.74 Å². The number of hydrogen-bond acceptors (Lipinski definition) is 2. The second-order valence-electron chi connectivity index (χ2n) is 3.37. The van der Waals surface area contributed by atoms with E-state index < -0.39 is 23.8 Å². The molecule has 88 valence electrons. The summed E-state index contributed by atoms with van der Waals surface area (Å²) in [5, 5.41) is 0. The summed E-state index contributed by atoms with van der Waals surface area (Å²) in [6, 6.07) is 4.73. The van der Waals surface area contributed by atoms with E-state index in [9.17, 15) is 18.0 Å². The van der Waals surface area contributed by atoms with Crippen LogP contribution in [0, 0.1) is 0 Å². The molecule has 0 fully saturated rings. The van der Waals surface area contributed by atoms with Gasteiger partial charge in [-0.2, -0.15) is 13.2 Å². The molecule has 0 unspecified atom stereocenters. The Balaban J connectivity index is 2.94. The molecule has 0 saturated heterocycles. The van der Waals surface area contributed by atoms with E-state index in [1.807, 2.05) is 0 Å². The van der Waals surface area contributed by atoms with Gasteiger partial charge in [-0.25, -0.2) is 0 Å². The fraction of sp³-hybridized carbons (Fsp3) is 0.364. The molecule has 0 saturated carbocycles. The van der Waals surface area contributed by atoms with E-state index in [0.29, 0.717) is 5.56 Å². The molecule has 1 aromatic rings. The molecule has 0 aliphatic rings. The lowest BCUT2D eigenvalue weighted by molar-refractivity contribution is -0.145. The molecular formula is C11H11F3O2. The SMILES string of the molecule is CC(=O)O[C@H](C)c1cccc(C(F)(F)F)c1. The van der Waals surface area contributed by atoms with Gasteiger partial charge in [0.05, 0.1) is 5.56 Å². The predicted molar refractivity (Wildman–Crippen MR) is 51.6 cm³/mol. The van der Waals surface area contributed by atoms with Crippen molar-refractivity contribution < 1.29 is 22.7 Å². The zero-order valence-corrected chi connectivity index (χ0v) is 8.84. The second-order valence-corrected chi connectivity index (χ2v) is 3.37. The molecule has 1 atom stereocenters. The third-order valence-electron chi connectivity index (χ3n) is 2.03. The fourth-order valence-electron chi connectivity index (χ4n) is 1.28. The van der Waals surface area contributed by atoms with Gasteiger partial charge < -0.3 is 4.74 Å². The number of hydrogen-bond donors (Lipinski definition) is 0. The van der Waals surface area contributed by atoms with Crippen LogP contribution in [0.3, 0.4) is 0 Å². The second kappa shape index (κ2) is 4.55. The van der Waals surface area contributed by atoms with E-state index in [1.54, 1.807) is 0 Å². The third kappa shape index (κ3) is 3.25. The number of rotatable bonds is 2. The minimum Gasteiger partial charge on any atom is -0.458 e. The first-order valence-electron chi connectivity index (χ1n) is 4.65. The van der Waals surface area contributed by atoms with Gasteiger partial charge in [0, 0.05) is 6.92 Å². The molecule has 16 heavy (non-hydrogen) atoms. The number of carbonyl (C=O) groups is 1. The van der Waals surface area contributed by atoms with Gasteiger partial charge >= 0.3 is 12.1 Å². The molecule has 0 radical (unpaired) electrons. The van der Waals surface area contributed by atoms with Crippen LogP contribution in [-0.2, 0) is 15.7 Å². The molecule has 0 N–H and O–H groups in total.